The van der Waals surface area contributed by atoms with Crippen LogP contribution in [0.15, 0.2) is 29.2 Å². The predicted octanol–water partition coefficient (Wildman–Crippen LogP) is 1.80. The van der Waals surface area contributed by atoms with Crippen LogP contribution in [0.2, 0.25) is 0 Å². The largest absolute Gasteiger partial charge is 0.469 e. The van der Waals surface area contributed by atoms with Gasteiger partial charge < -0.3 is 4.74 Å². The minimum Gasteiger partial charge on any atom is -0.469 e. The Hall–Kier alpha value is -1.43. The molecule has 18 heavy (non-hydrogen) atoms. The van der Waals surface area contributed by atoms with E-state index in [4.69, 9.17) is 0 Å². The Labute approximate surface area is 106 Å². The second-order valence-electron chi connectivity index (χ2n) is 4.02. The van der Waals surface area contributed by atoms with Gasteiger partial charge in [0.05, 0.1) is 23.2 Å². The van der Waals surface area contributed by atoms with Crippen molar-refractivity contribution >= 4 is 15.8 Å². The highest BCUT2D eigenvalue weighted by atomic mass is 32.2. The minimum absolute atomic E-state index is 0.00727. The molecule has 0 saturated carbocycles. The maximum absolute atomic E-state index is 12.7. The van der Waals surface area contributed by atoms with Crippen molar-refractivity contribution in [3.63, 3.8) is 0 Å². The minimum atomic E-state index is -3.68. The first-order valence-corrected chi connectivity index (χ1v) is 6.92. The van der Waals surface area contributed by atoms with Crippen LogP contribution in [0.25, 0.3) is 0 Å². The van der Waals surface area contributed by atoms with Crippen molar-refractivity contribution in [3.05, 3.63) is 30.1 Å². The molecule has 1 aromatic rings. The number of benzene rings is 1. The third-order valence-corrected chi connectivity index (χ3v) is 5.23. The van der Waals surface area contributed by atoms with E-state index < -0.39 is 32.8 Å². The number of halogens is 1. The number of carbonyl (C=O) groups excluding carboxylic acids is 1. The summed E-state index contributed by atoms with van der Waals surface area (Å²) in [5.41, 5.74) is 0. The Morgan fingerprint density at radius 2 is 1.72 bits per heavy atom. The summed E-state index contributed by atoms with van der Waals surface area (Å²) in [5, 5.41) is -0.935. The van der Waals surface area contributed by atoms with Crippen LogP contribution >= 0.6 is 0 Å². The van der Waals surface area contributed by atoms with E-state index in [1.807, 2.05) is 0 Å². The van der Waals surface area contributed by atoms with Gasteiger partial charge in [-0.3, -0.25) is 4.79 Å². The molecule has 0 aromatic heterocycles. The summed E-state index contributed by atoms with van der Waals surface area (Å²) >= 11 is 0. The highest BCUT2D eigenvalue weighted by Crippen LogP contribution is 2.22. The molecular formula is C12H15FO4S. The van der Waals surface area contributed by atoms with Crippen LogP contribution in [0.1, 0.15) is 13.8 Å². The number of rotatable bonds is 4. The van der Waals surface area contributed by atoms with E-state index in [9.17, 15) is 17.6 Å². The zero-order valence-corrected chi connectivity index (χ0v) is 11.2. The van der Waals surface area contributed by atoms with Gasteiger partial charge in [0.25, 0.3) is 0 Å². The fraction of sp³-hybridized carbons (Fsp3) is 0.417. The molecule has 0 fully saturated rings. The van der Waals surface area contributed by atoms with Crippen LogP contribution in [0.5, 0.6) is 0 Å². The van der Waals surface area contributed by atoms with Gasteiger partial charge >= 0.3 is 5.97 Å². The molecule has 0 aliphatic heterocycles. The number of hydrogen-bond acceptors (Lipinski definition) is 4. The number of carbonyl (C=O) groups is 1. The first-order chi connectivity index (χ1) is 8.30. The molecule has 4 nitrogen and oxygen atoms in total. The summed E-state index contributed by atoms with van der Waals surface area (Å²) in [6.07, 6.45) is 0. The quantitative estimate of drug-likeness (QED) is 0.620. The number of esters is 1. The van der Waals surface area contributed by atoms with Crippen LogP contribution in [0.3, 0.4) is 0 Å². The van der Waals surface area contributed by atoms with Crippen LogP contribution < -0.4 is 0 Å². The van der Waals surface area contributed by atoms with Gasteiger partial charge in [-0.2, -0.15) is 0 Å². The molecular weight excluding hydrogens is 259 g/mol. The molecule has 2 atom stereocenters. The molecule has 100 valence electrons. The monoisotopic (exact) mass is 274 g/mol. The lowest BCUT2D eigenvalue weighted by atomic mass is 10.1. The van der Waals surface area contributed by atoms with Crippen molar-refractivity contribution in [1.82, 2.24) is 0 Å². The molecule has 6 heteroatoms. The summed E-state index contributed by atoms with van der Waals surface area (Å²) in [5.74, 6) is -1.89. The Morgan fingerprint density at radius 1 is 1.22 bits per heavy atom. The normalized spacial score (nSPS) is 14.9. The molecule has 0 aliphatic carbocycles. The van der Waals surface area contributed by atoms with Crippen molar-refractivity contribution in [2.45, 2.75) is 24.0 Å². The molecule has 0 radical (unpaired) electrons. The average Bonchev–Trinajstić information content (AvgIpc) is 2.36. The summed E-state index contributed by atoms with van der Waals surface area (Å²) in [4.78, 5) is 11.3. The summed E-state index contributed by atoms with van der Waals surface area (Å²) in [6, 6.07) is 4.52. The van der Waals surface area contributed by atoms with Gasteiger partial charge in [-0.05, 0) is 31.2 Å². The van der Waals surface area contributed by atoms with Gasteiger partial charge in [-0.1, -0.05) is 6.92 Å². The number of ether oxygens (including phenoxy) is 1. The summed E-state index contributed by atoms with van der Waals surface area (Å²) < 4.78 is 41.6. The fourth-order valence-electron chi connectivity index (χ4n) is 1.49. The van der Waals surface area contributed by atoms with Gasteiger partial charge in [0.1, 0.15) is 5.82 Å². The number of hydrogen-bond donors (Lipinski definition) is 0. The zero-order valence-electron chi connectivity index (χ0n) is 10.4. The van der Waals surface area contributed by atoms with E-state index in [-0.39, 0.29) is 4.90 Å². The molecule has 0 saturated heterocycles. The van der Waals surface area contributed by atoms with Crippen molar-refractivity contribution in [2.24, 2.45) is 5.92 Å². The molecule has 0 aliphatic rings. The zero-order chi connectivity index (χ0) is 13.9. The van der Waals surface area contributed by atoms with Crippen molar-refractivity contribution in [3.8, 4) is 0 Å². The van der Waals surface area contributed by atoms with Gasteiger partial charge in [0, 0.05) is 0 Å². The van der Waals surface area contributed by atoms with E-state index in [2.05, 4.69) is 4.74 Å². The van der Waals surface area contributed by atoms with E-state index in [0.717, 1.165) is 12.1 Å². The molecule has 0 spiro atoms. The second kappa shape index (κ2) is 5.48. The van der Waals surface area contributed by atoms with Crippen LogP contribution in [-0.4, -0.2) is 26.7 Å². The van der Waals surface area contributed by atoms with E-state index in [1.165, 1.54) is 33.1 Å². The first kappa shape index (κ1) is 14.6. The van der Waals surface area contributed by atoms with Crippen molar-refractivity contribution in [1.29, 1.82) is 0 Å². The van der Waals surface area contributed by atoms with Crippen LogP contribution in [0.4, 0.5) is 4.39 Å². The molecule has 0 heterocycles. The van der Waals surface area contributed by atoms with Gasteiger partial charge in [0.2, 0.25) is 0 Å². The van der Waals surface area contributed by atoms with Crippen molar-refractivity contribution < 1.29 is 22.3 Å². The SMILES string of the molecule is COC(=O)C(C)C(C)S(=O)(=O)c1ccc(F)cc1. The van der Waals surface area contributed by atoms with Gasteiger partial charge in [-0.15, -0.1) is 0 Å². The molecule has 0 amide bonds. The summed E-state index contributed by atoms with van der Waals surface area (Å²) in [7, 11) is -2.47. The Morgan fingerprint density at radius 3 is 2.17 bits per heavy atom. The molecule has 1 aromatic carbocycles. The highest BCUT2D eigenvalue weighted by Gasteiger charge is 2.32. The second-order valence-corrected chi connectivity index (χ2v) is 6.32. The Bertz CT molecular complexity index is 522. The number of sulfone groups is 1. The predicted molar refractivity (Wildman–Crippen MR) is 64.2 cm³/mol. The lowest BCUT2D eigenvalue weighted by Crippen LogP contribution is -2.31. The first-order valence-electron chi connectivity index (χ1n) is 5.38. The molecule has 0 bridgehead atoms. The topological polar surface area (TPSA) is 60.4 Å². The third-order valence-electron chi connectivity index (χ3n) is 2.91. The van der Waals surface area contributed by atoms with Gasteiger partial charge in [-0.25, -0.2) is 12.8 Å². The maximum Gasteiger partial charge on any atom is 0.309 e. The third kappa shape index (κ3) is 2.87. The van der Waals surface area contributed by atoms with E-state index >= 15 is 0 Å². The Kier molecular flexibility index (Phi) is 4.45. The smallest absolute Gasteiger partial charge is 0.309 e. The molecule has 0 N–H and O–H groups in total. The number of methoxy groups -OCH3 is 1. The van der Waals surface area contributed by atoms with Crippen molar-refractivity contribution in [2.75, 3.05) is 7.11 Å². The average molecular weight is 274 g/mol. The van der Waals surface area contributed by atoms with Crippen LogP contribution in [-0.2, 0) is 19.4 Å². The fourth-order valence-corrected chi connectivity index (χ4v) is 3.08. The molecule has 2 unspecified atom stereocenters. The standard InChI is InChI=1S/C12H15FO4S/c1-8(12(14)17-3)9(2)18(15,16)11-6-4-10(13)5-7-11/h4-9H,1-3H3. The highest BCUT2D eigenvalue weighted by molar-refractivity contribution is 7.92. The van der Waals surface area contributed by atoms with Gasteiger partial charge in [0.15, 0.2) is 9.84 Å². The lowest BCUT2D eigenvalue weighted by molar-refractivity contribution is -0.144. The van der Waals surface area contributed by atoms with Crippen LogP contribution in [0, 0.1) is 11.7 Å². The molecule has 1 rings (SSSR count). The Balaban J connectivity index is 3.07. The van der Waals surface area contributed by atoms with E-state index in [1.54, 1.807) is 0 Å². The maximum atomic E-state index is 12.7. The lowest BCUT2D eigenvalue weighted by Gasteiger charge is -2.18. The summed E-state index contributed by atoms with van der Waals surface area (Å²) in [6.45, 7) is 2.91. The van der Waals surface area contributed by atoms with E-state index in [0.29, 0.717) is 0 Å².